The molecule has 1 aromatic carbocycles. The van der Waals surface area contributed by atoms with Crippen LogP contribution >= 0.6 is 15.9 Å². The van der Waals surface area contributed by atoms with Crippen LogP contribution < -0.4 is 10.5 Å². The SMILES string of the molecule is N/C(=N/O)c1ccc(OCCCO)c(Br)c1. The van der Waals surface area contributed by atoms with Crippen molar-refractivity contribution in [3.8, 4) is 5.75 Å². The Morgan fingerprint density at radius 3 is 2.81 bits per heavy atom. The van der Waals surface area contributed by atoms with Gasteiger partial charge in [0.15, 0.2) is 5.84 Å². The molecule has 0 aliphatic heterocycles. The summed E-state index contributed by atoms with van der Waals surface area (Å²) < 4.78 is 6.11. The summed E-state index contributed by atoms with van der Waals surface area (Å²) in [6, 6.07) is 5.10. The molecule has 0 aliphatic rings. The van der Waals surface area contributed by atoms with Crippen molar-refractivity contribution in [2.45, 2.75) is 6.42 Å². The van der Waals surface area contributed by atoms with Crippen LogP contribution in [0.3, 0.4) is 0 Å². The summed E-state index contributed by atoms with van der Waals surface area (Å²) in [7, 11) is 0. The van der Waals surface area contributed by atoms with Gasteiger partial charge in [-0.25, -0.2) is 0 Å². The van der Waals surface area contributed by atoms with Crippen molar-refractivity contribution in [3.05, 3.63) is 28.2 Å². The minimum atomic E-state index is 0.0441. The van der Waals surface area contributed by atoms with Crippen LogP contribution in [0.5, 0.6) is 5.75 Å². The first-order valence-electron chi connectivity index (χ1n) is 4.70. The van der Waals surface area contributed by atoms with Crippen molar-refractivity contribution >= 4 is 21.8 Å². The number of amidine groups is 1. The average molecular weight is 289 g/mol. The van der Waals surface area contributed by atoms with Crippen LogP contribution in [-0.2, 0) is 0 Å². The predicted molar refractivity (Wildman–Crippen MR) is 63.9 cm³/mol. The van der Waals surface area contributed by atoms with E-state index in [4.69, 9.17) is 20.8 Å². The molecule has 0 amide bonds. The molecule has 0 aromatic heterocycles. The van der Waals surface area contributed by atoms with Gasteiger partial charge in [0.05, 0.1) is 11.1 Å². The van der Waals surface area contributed by atoms with Crippen molar-refractivity contribution in [1.29, 1.82) is 0 Å². The van der Waals surface area contributed by atoms with Gasteiger partial charge in [0, 0.05) is 18.6 Å². The zero-order chi connectivity index (χ0) is 12.0. The zero-order valence-electron chi connectivity index (χ0n) is 8.56. The maximum atomic E-state index is 8.61. The van der Waals surface area contributed by atoms with E-state index < -0.39 is 0 Å². The Morgan fingerprint density at radius 1 is 1.50 bits per heavy atom. The molecule has 0 bridgehead atoms. The van der Waals surface area contributed by atoms with Gasteiger partial charge in [-0.3, -0.25) is 0 Å². The third-order valence-electron chi connectivity index (χ3n) is 1.90. The number of benzene rings is 1. The highest BCUT2D eigenvalue weighted by Gasteiger charge is 2.05. The van der Waals surface area contributed by atoms with Crippen LogP contribution in [0, 0.1) is 0 Å². The Kier molecular flexibility index (Phi) is 5.07. The summed E-state index contributed by atoms with van der Waals surface area (Å²) in [5, 5.41) is 20.0. The second kappa shape index (κ2) is 6.34. The number of nitrogens with two attached hydrogens (primary N) is 1. The van der Waals surface area contributed by atoms with Crippen LogP contribution in [-0.4, -0.2) is 29.4 Å². The number of nitrogens with zero attached hydrogens (tertiary/aromatic N) is 1. The third kappa shape index (κ3) is 3.39. The van der Waals surface area contributed by atoms with E-state index in [1.807, 2.05) is 0 Å². The number of aliphatic hydroxyl groups excluding tert-OH is 1. The molecular formula is C10H13BrN2O3. The van der Waals surface area contributed by atoms with Gasteiger partial charge in [0.25, 0.3) is 0 Å². The van der Waals surface area contributed by atoms with E-state index in [1.165, 1.54) is 0 Å². The molecule has 6 heteroatoms. The van der Waals surface area contributed by atoms with E-state index in [1.54, 1.807) is 18.2 Å². The van der Waals surface area contributed by atoms with Crippen molar-refractivity contribution < 1.29 is 15.1 Å². The second-order valence-corrected chi connectivity index (χ2v) is 3.91. The summed E-state index contributed by atoms with van der Waals surface area (Å²) in [5.41, 5.74) is 6.04. The lowest BCUT2D eigenvalue weighted by Crippen LogP contribution is -2.13. The summed E-state index contributed by atoms with van der Waals surface area (Å²) in [4.78, 5) is 0. The van der Waals surface area contributed by atoms with E-state index in [9.17, 15) is 0 Å². The number of oxime groups is 1. The van der Waals surface area contributed by atoms with Gasteiger partial charge >= 0.3 is 0 Å². The molecule has 0 heterocycles. The van der Waals surface area contributed by atoms with E-state index in [0.29, 0.717) is 24.3 Å². The monoisotopic (exact) mass is 288 g/mol. The van der Waals surface area contributed by atoms with Crippen LogP contribution in [0.15, 0.2) is 27.8 Å². The Bertz CT molecular complexity index is 382. The largest absolute Gasteiger partial charge is 0.492 e. The topological polar surface area (TPSA) is 88.1 Å². The molecular weight excluding hydrogens is 276 g/mol. The van der Waals surface area contributed by atoms with Crippen LogP contribution in [0.4, 0.5) is 0 Å². The summed E-state index contributed by atoms with van der Waals surface area (Å²) in [6.07, 6.45) is 0.578. The van der Waals surface area contributed by atoms with Crippen molar-refractivity contribution in [2.75, 3.05) is 13.2 Å². The maximum Gasteiger partial charge on any atom is 0.170 e. The van der Waals surface area contributed by atoms with Crippen molar-refractivity contribution in [3.63, 3.8) is 0 Å². The highest BCUT2D eigenvalue weighted by atomic mass is 79.9. The molecule has 0 fully saturated rings. The summed E-state index contributed by atoms with van der Waals surface area (Å²) in [5.74, 6) is 0.700. The molecule has 16 heavy (non-hydrogen) atoms. The fourth-order valence-corrected chi connectivity index (χ4v) is 1.57. The second-order valence-electron chi connectivity index (χ2n) is 3.06. The minimum Gasteiger partial charge on any atom is -0.492 e. The molecule has 88 valence electrons. The van der Waals surface area contributed by atoms with Gasteiger partial charge in [-0.1, -0.05) is 5.16 Å². The molecule has 0 saturated carbocycles. The van der Waals surface area contributed by atoms with Gasteiger partial charge in [-0.05, 0) is 34.1 Å². The first-order valence-corrected chi connectivity index (χ1v) is 5.49. The van der Waals surface area contributed by atoms with E-state index in [2.05, 4.69) is 21.1 Å². The van der Waals surface area contributed by atoms with Crippen molar-refractivity contribution in [1.82, 2.24) is 0 Å². The van der Waals surface area contributed by atoms with E-state index in [-0.39, 0.29) is 12.4 Å². The molecule has 1 rings (SSSR count). The molecule has 0 aliphatic carbocycles. The lowest BCUT2D eigenvalue weighted by Gasteiger charge is -2.08. The lowest BCUT2D eigenvalue weighted by atomic mass is 10.2. The van der Waals surface area contributed by atoms with Gasteiger partial charge in [-0.2, -0.15) is 0 Å². The number of halogens is 1. The summed E-state index contributed by atoms with van der Waals surface area (Å²) in [6.45, 7) is 0.540. The molecule has 5 nitrogen and oxygen atoms in total. The van der Waals surface area contributed by atoms with Crippen molar-refractivity contribution in [2.24, 2.45) is 10.9 Å². The smallest absolute Gasteiger partial charge is 0.170 e. The van der Waals surface area contributed by atoms with Crippen LogP contribution in [0.1, 0.15) is 12.0 Å². The molecule has 0 unspecified atom stereocenters. The van der Waals surface area contributed by atoms with Crippen LogP contribution in [0.2, 0.25) is 0 Å². The van der Waals surface area contributed by atoms with Gasteiger partial charge in [0.1, 0.15) is 5.75 Å². The average Bonchev–Trinajstić information content (AvgIpc) is 2.30. The number of ether oxygens (including phenoxy) is 1. The van der Waals surface area contributed by atoms with Gasteiger partial charge < -0.3 is 20.8 Å². The molecule has 0 atom stereocenters. The Labute approximate surface area is 102 Å². The lowest BCUT2D eigenvalue weighted by molar-refractivity contribution is 0.233. The number of hydrogen-bond acceptors (Lipinski definition) is 4. The molecule has 1 aromatic rings. The van der Waals surface area contributed by atoms with Gasteiger partial charge in [-0.15, -0.1) is 0 Å². The fraction of sp³-hybridized carbons (Fsp3) is 0.300. The predicted octanol–water partition coefficient (Wildman–Crippen LogP) is 1.30. The highest BCUT2D eigenvalue weighted by Crippen LogP contribution is 2.26. The first kappa shape index (κ1) is 12.8. The maximum absolute atomic E-state index is 8.61. The minimum absolute atomic E-state index is 0.0441. The highest BCUT2D eigenvalue weighted by molar-refractivity contribution is 9.10. The normalized spacial score (nSPS) is 11.5. The van der Waals surface area contributed by atoms with E-state index in [0.717, 1.165) is 4.47 Å². The Morgan fingerprint density at radius 2 is 2.25 bits per heavy atom. The Balaban J connectivity index is 2.75. The first-order chi connectivity index (χ1) is 7.69. The number of hydrogen-bond donors (Lipinski definition) is 3. The fourth-order valence-electron chi connectivity index (χ4n) is 1.08. The Hall–Kier alpha value is -1.27. The van der Waals surface area contributed by atoms with Gasteiger partial charge in [0.2, 0.25) is 0 Å². The molecule has 0 saturated heterocycles. The molecule has 0 spiro atoms. The third-order valence-corrected chi connectivity index (χ3v) is 2.52. The quantitative estimate of drug-likeness (QED) is 0.251. The molecule has 0 radical (unpaired) electrons. The number of aliphatic hydroxyl groups is 1. The summed E-state index contributed by atoms with van der Waals surface area (Å²) >= 11 is 3.32. The van der Waals surface area contributed by atoms with E-state index >= 15 is 0 Å². The number of rotatable bonds is 5. The molecule has 4 N–H and O–H groups in total. The van der Waals surface area contributed by atoms with Crippen LogP contribution in [0.25, 0.3) is 0 Å². The zero-order valence-corrected chi connectivity index (χ0v) is 10.1. The standard InChI is InChI=1S/C10H13BrN2O3/c11-8-6-7(10(12)13-15)2-3-9(8)16-5-1-4-14/h2-3,6,14-15H,1,4-5H2,(H2,12,13).